The molecule has 0 radical (unpaired) electrons. The van der Waals surface area contributed by atoms with Crippen LogP contribution >= 0.6 is 0 Å². The van der Waals surface area contributed by atoms with Crippen molar-refractivity contribution in [1.29, 1.82) is 0 Å². The van der Waals surface area contributed by atoms with Gasteiger partial charge in [-0.25, -0.2) is 0 Å². The van der Waals surface area contributed by atoms with Crippen molar-refractivity contribution in [2.24, 2.45) is 0 Å². The first-order valence-electron chi connectivity index (χ1n) is 7.30. The van der Waals surface area contributed by atoms with Crippen molar-refractivity contribution < 1.29 is 0 Å². The number of rotatable bonds is 4. The quantitative estimate of drug-likeness (QED) is 0.659. The smallest absolute Gasteiger partial charge is 0.0485 e. The normalized spacial score (nSPS) is 11.9. The molecule has 1 unspecified atom stereocenters. The van der Waals surface area contributed by atoms with Crippen LogP contribution in [0.3, 0.4) is 0 Å². The van der Waals surface area contributed by atoms with Gasteiger partial charge >= 0.3 is 0 Å². The van der Waals surface area contributed by atoms with E-state index in [-0.39, 0.29) is 0 Å². The Morgan fingerprint density at radius 2 is 1.14 bits per heavy atom. The van der Waals surface area contributed by atoms with Crippen LogP contribution in [-0.4, -0.2) is 0 Å². The molecule has 1 heteroatoms. The SMILES string of the molecule is CC(Nc1ccc(-c2ccccc2)cc1)c1ccccc1. The fraction of sp³-hybridized carbons (Fsp3) is 0.100. The van der Waals surface area contributed by atoms with E-state index in [1.165, 1.54) is 16.7 Å². The van der Waals surface area contributed by atoms with Crippen molar-refractivity contribution in [3.05, 3.63) is 90.5 Å². The van der Waals surface area contributed by atoms with Gasteiger partial charge in [-0.3, -0.25) is 0 Å². The largest absolute Gasteiger partial charge is 0.379 e. The maximum Gasteiger partial charge on any atom is 0.0485 e. The molecule has 0 saturated carbocycles. The van der Waals surface area contributed by atoms with E-state index >= 15 is 0 Å². The number of anilines is 1. The van der Waals surface area contributed by atoms with Gasteiger partial charge in [0, 0.05) is 11.7 Å². The van der Waals surface area contributed by atoms with E-state index in [0.29, 0.717) is 6.04 Å². The summed E-state index contributed by atoms with van der Waals surface area (Å²) in [4.78, 5) is 0. The summed E-state index contributed by atoms with van der Waals surface area (Å²) >= 11 is 0. The van der Waals surface area contributed by atoms with E-state index in [1.807, 2.05) is 12.1 Å². The Hall–Kier alpha value is -2.54. The van der Waals surface area contributed by atoms with Crippen molar-refractivity contribution >= 4 is 5.69 Å². The average Bonchev–Trinajstić information content (AvgIpc) is 2.57. The Bertz CT molecular complexity index is 672. The van der Waals surface area contributed by atoms with Crippen molar-refractivity contribution in [3.8, 4) is 11.1 Å². The summed E-state index contributed by atoms with van der Waals surface area (Å²) in [6, 6.07) is 29.8. The summed E-state index contributed by atoms with van der Waals surface area (Å²) in [6.45, 7) is 2.18. The first kappa shape index (κ1) is 13.4. The van der Waals surface area contributed by atoms with Gasteiger partial charge in [0.1, 0.15) is 0 Å². The van der Waals surface area contributed by atoms with E-state index in [2.05, 4.69) is 85.0 Å². The molecule has 3 aromatic rings. The van der Waals surface area contributed by atoms with Crippen LogP contribution in [0.15, 0.2) is 84.9 Å². The van der Waals surface area contributed by atoms with Gasteiger partial charge in [-0.2, -0.15) is 0 Å². The third-order valence-electron chi connectivity index (χ3n) is 3.67. The number of hydrogen-bond donors (Lipinski definition) is 1. The van der Waals surface area contributed by atoms with Gasteiger partial charge < -0.3 is 5.32 Å². The molecule has 0 aromatic heterocycles. The Kier molecular flexibility index (Phi) is 4.02. The molecule has 104 valence electrons. The Morgan fingerprint density at radius 3 is 1.76 bits per heavy atom. The molecule has 1 atom stereocenters. The second kappa shape index (κ2) is 6.27. The van der Waals surface area contributed by atoms with E-state index in [1.54, 1.807) is 0 Å². The lowest BCUT2D eigenvalue weighted by Crippen LogP contribution is -2.06. The minimum atomic E-state index is 0.300. The molecule has 0 aliphatic heterocycles. The summed E-state index contributed by atoms with van der Waals surface area (Å²) in [7, 11) is 0. The van der Waals surface area contributed by atoms with Crippen LogP contribution in [0.5, 0.6) is 0 Å². The molecule has 0 saturated heterocycles. The highest BCUT2D eigenvalue weighted by molar-refractivity contribution is 5.66. The molecule has 0 bridgehead atoms. The van der Waals surface area contributed by atoms with E-state index in [9.17, 15) is 0 Å². The predicted molar refractivity (Wildman–Crippen MR) is 90.4 cm³/mol. The molecule has 21 heavy (non-hydrogen) atoms. The fourth-order valence-electron chi connectivity index (χ4n) is 2.46. The zero-order chi connectivity index (χ0) is 14.5. The maximum absolute atomic E-state index is 3.54. The molecule has 0 heterocycles. The predicted octanol–water partition coefficient (Wildman–Crippen LogP) is 5.53. The van der Waals surface area contributed by atoms with Gasteiger partial charge in [0.05, 0.1) is 0 Å². The molecule has 3 rings (SSSR count). The standard InChI is InChI=1S/C20H19N/c1-16(17-8-4-2-5-9-17)21-20-14-12-19(13-15-20)18-10-6-3-7-11-18/h2-16,21H,1H3. The zero-order valence-corrected chi connectivity index (χ0v) is 12.2. The summed E-state index contributed by atoms with van der Waals surface area (Å²) < 4.78 is 0. The van der Waals surface area contributed by atoms with Crippen molar-refractivity contribution in [3.63, 3.8) is 0 Å². The van der Waals surface area contributed by atoms with Crippen LogP contribution in [0, 0.1) is 0 Å². The maximum atomic E-state index is 3.54. The fourth-order valence-corrected chi connectivity index (χ4v) is 2.46. The molecule has 1 N–H and O–H groups in total. The topological polar surface area (TPSA) is 12.0 Å². The van der Waals surface area contributed by atoms with Crippen molar-refractivity contribution in [2.75, 3.05) is 5.32 Å². The Morgan fingerprint density at radius 1 is 0.619 bits per heavy atom. The van der Waals surface area contributed by atoms with Crippen LogP contribution in [0.1, 0.15) is 18.5 Å². The van der Waals surface area contributed by atoms with Gasteiger partial charge in [-0.05, 0) is 35.7 Å². The van der Waals surface area contributed by atoms with Crippen molar-refractivity contribution in [2.45, 2.75) is 13.0 Å². The average molecular weight is 273 g/mol. The lowest BCUT2D eigenvalue weighted by molar-refractivity contribution is 0.885. The molecule has 0 spiro atoms. The molecule has 1 nitrogen and oxygen atoms in total. The second-order valence-electron chi connectivity index (χ2n) is 5.22. The highest BCUT2D eigenvalue weighted by Gasteiger charge is 2.04. The third kappa shape index (κ3) is 3.32. The van der Waals surface area contributed by atoms with Gasteiger partial charge in [0.25, 0.3) is 0 Å². The first-order chi connectivity index (χ1) is 10.3. The second-order valence-corrected chi connectivity index (χ2v) is 5.22. The van der Waals surface area contributed by atoms with E-state index in [4.69, 9.17) is 0 Å². The Balaban J connectivity index is 1.73. The molecule has 0 aliphatic carbocycles. The van der Waals surface area contributed by atoms with Crippen LogP contribution < -0.4 is 5.32 Å². The van der Waals surface area contributed by atoms with Crippen molar-refractivity contribution in [1.82, 2.24) is 0 Å². The van der Waals surface area contributed by atoms with Gasteiger partial charge in [0.15, 0.2) is 0 Å². The number of benzene rings is 3. The molecule has 0 fully saturated rings. The van der Waals surface area contributed by atoms with E-state index in [0.717, 1.165) is 5.69 Å². The summed E-state index contributed by atoms with van der Waals surface area (Å²) in [5, 5.41) is 3.54. The highest BCUT2D eigenvalue weighted by Crippen LogP contribution is 2.23. The van der Waals surface area contributed by atoms with Crippen LogP contribution in [0.25, 0.3) is 11.1 Å². The third-order valence-corrected chi connectivity index (χ3v) is 3.67. The summed E-state index contributed by atoms with van der Waals surface area (Å²) in [5.74, 6) is 0. The first-order valence-corrected chi connectivity index (χ1v) is 7.30. The van der Waals surface area contributed by atoms with Crippen LogP contribution in [0.2, 0.25) is 0 Å². The minimum absolute atomic E-state index is 0.300. The molecule has 3 aromatic carbocycles. The van der Waals surface area contributed by atoms with Crippen LogP contribution in [-0.2, 0) is 0 Å². The van der Waals surface area contributed by atoms with E-state index < -0.39 is 0 Å². The number of nitrogens with one attached hydrogen (secondary N) is 1. The molecule has 0 amide bonds. The van der Waals surface area contributed by atoms with Gasteiger partial charge in [-0.15, -0.1) is 0 Å². The Labute approximate surface area is 126 Å². The zero-order valence-electron chi connectivity index (χ0n) is 12.2. The summed E-state index contributed by atoms with van der Waals surface area (Å²) in [5.41, 5.74) is 4.93. The van der Waals surface area contributed by atoms with Crippen LogP contribution in [0.4, 0.5) is 5.69 Å². The monoisotopic (exact) mass is 273 g/mol. The highest BCUT2D eigenvalue weighted by atomic mass is 14.9. The van der Waals surface area contributed by atoms with Gasteiger partial charge in [0.2, 0.25) is 0 Å². The molecular weight excluding hydrogens is 254 g/mol. The minimum Gasteiger partial charge on any atom is -0.379 e. The lowest BCUT2D eigenvalue weighted by Gasteiger charge is -2.16. The molecular formula is C20H19N. The lowest BCUT2D eigenvalue weighted by atomic mass is 10.0. The summed E-state index contributed by atoms with van der Waals surface area (Å²) in [6.07, 6.45) is 0. The molecule has 0 aliphatic rings. The number of hydrogen-bond acceptors (Lipinski definition) is 1. The van der Waals surface area contributed by atoms with Gasteiger partial charge in [-0.1, -0.05) is 72.8 Å².